The Morgan fingerprint density at radius 3 is 2.74 bits per heavy atom. The second-order valence-electron chi connectivity index (χ2n) is 7.49. The maximum absolute atomic E-state index is 12.3. The van der Waals surface area contributed by atoms with Crippen LogP contribution in [0.5, 0.6) is 11.5 Å². The molecular formula is C26H28ClN3O3S. The molecule has 0 unspecified atom stereocenters. The number of phenols is 1. The molecule has 0 aliphatic rings. The van der Waals surface area contributed by atoms with Crippen LogP contribution in [0, 0.1) is 0 Å². The Bertz CT molecular complexity index is 1300. The molecule has 1 amide bonds. The van der Waals surface area contributed by atoms with Crippen molar-refractivity contribution >= 4 is 45.8 Å². The van der Waals surface area contributed by atoms with Gasteiger partial charge in [0.2, 0.25) is 0 Å². The number of phenolic OH excluding ortho intramolecular Hbond substituents is 1. The number of carbonyl (C=O) groups excluding carboxylic acids is 1. The normalized spacial score (nSPS) is 11.2. The first-order valence-corrected chi connectivity index (χ1v) is 12.1. The number of rotatable bonds is 10. The number of nitrogens with one attached hydrogen (secondary N) is 2. The van der Waals surface area contributed by atoms with Crippen LogP contribution in [0.4, 0.5) is 0 Å². The first-order chi connectivity index (χ1) is 16.6. The molecule has 0 fully saturated rings. The lowest BCUT2D eigenvalue weighted by Crippen LogP contribution is -2.23. The van der Waals surface area contributed by atoms with Crippen molar-refractivity contribution in [3.8, 4) is 11.5 Å². The Kier molecular flexibility index (Phi) is 8.14. The van der Waals surface area contributed by atoms with Crippen LogP contribution in [-0.4, -0.2) is 36.9 Å². The third-order valence-corrected chi connectivity index (χ3v) is 6.40. The summed E-state index contributed by atoms with van der Waals surface area (Å²) in [5.41, 5.74) is 3.64. The summed E-state index contributed by atoms with van der Waals surface area (Å²) in [5.74, 6) is 0.300. The average Bonchev–Trinajstić information content (AvgIpc) is 3.37. The number of thiophene rings is 1. The molecule has 4 aromatic rings. The fourth-order valence-corrected chi connectivity index (χ4v) is 4.32. The topological polar surface area (TPSA) is 83.0 Å². The molecule has 0 aliphatic carbocycles. The van der Waals surface area contributed by atoms with Gasteiger partial charge in [-0.2, -0.15) is 5.10 Å². The largest absolute Gasteiger partial charge is 0.506 e. The lowest BCUT2D eigenvalue weighted by molar-refractivity contribution is 0.0955. The van der Waals surface area contributed by atoms with E-state index in [1.165, 1.54) is 23.1 Å². The highest BCUT2D eigenvalue weighted by molar-refractivity contribution is 7.09. The minimum atomic E-state index is -0.422. The first kappa shape index (κ1) is 23.8. The zero-order valence-electron chi connectivity index (χ0n) is 18.3. The molecule has 0 aliphatic heterocycles. The van der Waals surface area contributed by atoms with Gasteiger partial charge in [-0.25, -0.2) is 5.43 Å². The third-order valence-electron chi connectivity index (χ3n) is 5.16. The van der Waals surface area contributed by atoms with E-state index in [9.17, 15) is 9.90 Å². The van der Waals surface area contributed by atoms with Crippen molar-refractivity contribution in [2.24, 2.45) is 5.10 Å². The van der Waals surface area contributed by atoms with Crippen molar-refractivity contribution < 1.29 is 17.5 Å². The quantitative estimate of drug-likeness (QED) is 0.148. The molecule has 4 rings (SSSR count). The van der Waals surface area contributed by atoms with Crippen molar-refractivity contribution in [2.45, 2.75) is 6.42 Å². The number of ether oxygens (including phenoxy) is 1. The first-order valence-electron chi connectivity index (χ1n) is 10.8. The summed E-state index contributed by atoms with van der Waals surface area (Å²) in [6, 6.07) is 20.2. The molecule has 0 atom stereocenters. The number of aromatic hydroxyl groups is 1. The van der Waals surface area contributed by atoms with Crippen molar-refractivity contribution in [3.63, 3.8) is 0 Å². The Morgan fingerprint density at radius 1 is 1.09 bits per heavy atom. The summed E-state index contributed by atoms with van der Waals surface area (Å²) in [6.45, 7) is 2.24. The van der Waals surface area contributed by atoms with Crippen LogP contribution in [0.1, 0.15) is 23.7 Å². The third kappa shape index (κ3) is 6.14. The fourth-order valence-electron chi connectivity index (χ4n) is 3.43. The number of hydrazone groups is 1. The summed E-state index contributed by atoms with van der Waals surface area (Å²) < 4.78 is 6.03. The number of amides is 1. The molecule has 34 heavy (non-hydrogen) atoms. The molecule has 1 heterocycles. The molecule has 0 spiro atoms. The number of carbonyl (C=O) groups is 1. The molecule has 1 aromatic heterocycles. The molecule has 0 bridgehead atoms. The van der Waals surface area contributed by atoms with Crippen LogP contribution in [0.25, 0.3) is 10.8 Å². The predicted molar refractivity (Wildman–Crippen MR) is 143 cm³/mol. The lowest BCUT2D eigenvalue weighted by Gasteiger charge is -2.11. The molecule has 0 saturated heterocycles. The van der Waals surface area contributed by atoms with Gasteiger partial charge in [0.1, 0.15) is 18.1 Å². The van der Waals surface area contributed by atoms with Crippen LogP contribution in [0.2, 0.25) is 5.02 Å². The molecule has 3 N–H and O–H groups in total. The number of hydrogen-bond acceptors (Lipinski definition) is 6. The van der Waals surface area contributed by atoms with Crippen LogP contribution < -0.4 is 15.5 Å². The number of benzene rings is 3. The summed E-state index contributed by atoms with van der Waals surface area (Å²) >= 11 is 7.64. The van der Waals surface area contributed by atoms with Gasteiger partial charge in [-0.3, -0.25) is 4.79 Å². The smallest absolute Gasteiger partial charge is 0.271 e. The summed E-state index contributed by atoms with van der Waals surface area (Å²) in [4.78, 5) is 13.7. The van der Waals surface area contributed by atoms with Gasteiger partial charge < -0.3 is 15.2 Å². The van der Waals surface area contributed by atoms with E-state index in [1.807, 2.05) is 36.4 Å². The van der Waals surface area contributed by atoms with Crippen LogP contribution in [-0.2, 0) is 6.42 Å². The Balaban J connectivity index is 0.00000228. The van der Waals surface area contributed by atoms with E-state index < -0.39 is 5.91 Å². The van der Waals surface area contributed by atoms with E-state index in [4.69, 9.17) is 16.3 Å². The molecular weight excluding hydrogens is 470 g/mol. The van der Waals surface area contributed by atoms with E-state index in [1.54, 1.807) is 17.6 Å². The Morgan fingerprint density at radius 2 is 1.94 bits per heavy atom. The van der Waals surface area contributed by atoms with Gasteiger partial charge in [0, 0.05) is 37.3 Å². The molecule has 0 radical (unpaired) electrons. The predicted octanol–water partition coefficient (Wildman–Crippen LogP) is 5.73. The van der Waals surface area contributed by atoms with E-state index in [2.05, 4.69) is 33.4 Å². The maximum Gasteiger partial charge on any atom is 0.271 e. The molecule has 6 nitrogen and oxygen atoms in total. The van der Waals surface area contributed by atoms with Gasteiger partial charge in [0.15, 0.2) is 0 Å². The zero-order valence-corrected chi connectivity index (χ0v) is 19.9. The fraction of sp³-hybridized carbons (Fsp3) is 0.154. The number of hydrogen-bond donors (Lipinski definition) is 3. The van der Waals surface area contributed by atoms with E-state index >= 15 is 0 Å². The summed E-state index contributed by atoms with van der Waals surface area (Å²) in [7, 11) is 0. The van der Waals surface area contributed by atoms with Crippen LogP contribution in [0.3, 0.4) is 0 Å². The number of nitrogens with zero attached hydrogens (tertiary/aromatic N) is 1. The van der Waals surface area contributed by atoms with Gasteiger partial charge >= 0.3 is 0 Å². The van der Waals surface area contributed by atoms with Gasteiger partial charge in [0.05, 0.1) is 11.2 Å². The van der Waals surface area contributed by atoms with Gasteiger partial charge in [-0.15, -0.1) is 11.3 Å². The second-order valence-corrected chi connectivity index (χ2v) is 8.93. The van der Waals surface area contributed by atoms with Crippen LogP contribution >= 0.6 is 22.9 Å². The van der Waals surface area contributed by atoms with Gasteiger partial charge in [0.25, 0.3) is 5.91 Å². The highest BCUT2D eigenvalue weighted by Crippen LogP contribution is 2.28. The van der Waals surface area contributed by atoms with Gasteiger partial charge in [-0.1, -0.05) is 41.9 Å². The highest BCUT2D eigenvalue weighted by Gasteiger charge is 2.08. The number of fused-ring (bicyclic) bond motifs is 1. The monoisotopic (exact) mass is 497 g/mol. The lowest BCUT2D eigenvalue weighted by atomic mass is 10.0. The zero-order chi connectivity index (χ0) is 23.8. The van der Waals surface area contributed by atoms with E-state index in [0.29, 0.717) is 12.2 Å². The van der Waals surface area contributed by atoms with Gasteiger partial charge in [-0.05, 0) is 53.6 Å². The maximum atomic E-state index is 12.3. The molecule has 0 saturated carbocycles. The average molecular weight is 498 g/mol. The molecule has 8 heteroatoms. The van der Waals surface area contributed by atoms with Crippen molar-refractivity contribution in [2.75, 3.05) is 19.7 Å². The Hall–Kier alpha value is -3.39. The van der Waals surface area contributed by atoms with E-state index in [-0.39, 0.29) is 13.6 Å². The summed E-state index contributed by atoms with van der Waals surface area (Å²) in [6.07, 6.45) is 2.61. The van der Waals surface area contributed by atoms with Crippen LogP contribution in [0.15, 0.2) is 77.2 Å². The minimum absolute atomic E-state index is 0. The van der Waals surface area contributed by atoms with Crippen molar-refractivity contribution in [1.82, 2.24) is 10.7 Å². The Labute approximate surface area is 209 Å². The second kappa shape index (κ2) is 11.7. The summed E-state index contributed by atoms with van der Waals surface area (Å²) in [5, 5.41) is 21.1. The molecule has 178 valence electrons. The van der Waals surface area contributed by atoms with Crippen molar-refractivity contribution in [3.05, 3.63) is 93.1 Å². The number of halogens is 1. The minimum Gasteiger partial charge on any atom is -0.506 e. The highest BCUT2D eigenvalue weighted by atomic mass is 35.5. The SMILES string of the molecule is O=C(N/N=C/c1ccc(OCCNCCc2cccs2)c2ccccc12)c1ccc(O)c(Cl)c1.[HH].[HH]. The molecule has 3 aromatic carbocycles. The van der Waals surface area contributed by atoms with Crippen molar-refractivity contribution in [1.29, 1.82) is 0 Å². The standard InChI is InChI=1S/C26H24ClN3O3S.2H2/c27-23-16-18(7-9-24(23)31)26(32)30-29-17-19-8-10-25(22-6-2-1-5-21(19)22)33-14-13-28-12-11-20-4-3-15-34-20;;/h1-10,15-17,28,31H,11-14H2,(H,30,32);2*1H/b29-17+;;. The van der Waals surface area contributed by atoms with E-state index in [0.717, 1.165) is 41.6 Å².